The lowest BCUT2D eigenvalue weighted by molar-refractivity contribution is 0.800. The number of rotatable bonds is 0. The molecule has 0 radical (unpaired) electrons. The van der Waals surface area contributed by atoms with E-state index in [9.17, 15) is 0 Å². The normalized spacial score (nSPS) is 18.5. The minimum Gasteiger partial charge on any atom is -0.0761 e. The minimum atomic E-state index is 0.713. The van der Waals surface area contributed by atoms with Crippen molar-refractivity contribution in [1.82, 2.24) is 0 Å². The van der Waals surface area contributed by atoms with E-state index in [1.165, 1.54) is 16.9 Å². The lowest BCUT2D eigenvalue weighted by atomic mass is 9.99. The molecule has 0 nitrogen and oxygen atoms in total. The molecular formula is C13H18. The van der Waals surface area contributed by atoms with Gasteiger partial charge in [0.25, 0.3) is 0 Å². The van der Waals surface area contributed by atoms with E-state index in [1.807, 2.05) is 13.8 Å². The molecule has 0 saturated heterocycles. The highest BCUT2D eigenvalue weighted by molar-refractivity contribution is 5.39. The second kappa shape index (κ2) is 4.86. The van der Waals surface area contributed by atoms with Crippen molar-refractivity contribution in [3.63, 3.8) is 0 Å². The third-order valence-corrected chi connectivity index (χ3v) is 2.17. The molecule has 1 aromatic carbocycles. The predicted molar refractivity (Wildman–Crippen MR) is 59.8 cm³/mol. The number of hydrogen-bond acceptors (Lipinski definition) is 0. The predicted octanol–water partition coefficient (Wildman–Crippen LogP) is 2.31. The lowest BCUT2D eigenvalue weighted by Crippen LogP contribution is -2.27. The van der Waals surface area contributed by atoms with Gasteiger partial charge in [0.15, 0.2) is 0 Å². The smallest absolute Gasteiger partial charge is 0.0218 e. The quantitative estimate of drug-likeness (QED) is 0.566. The highest BCUT2D eigenvalue weighted by Gasteiger charge is 1.98. The van der Waals surface area contributed by atoms with Crippen molar-refractivity contribution in [3.05, 3.63) is 34.7 Å². The minimum absolute atomic E-state index is 0.713. The maximum Gasteiger partial charge on any atom is -0.0218 e. The van der Waals surface area contributed by atoms with Crippen LogP contribution in [0, 0.1) is 5.92 Å². The average molecular weight is 174 g/mol. The Morgan fingerprint density at radius 1 is 1.08 bits per heavy atom. The van der Waals surface area contributed by atoms with E-state index >= 15 is 0 Å². The third-order valence-electron chi connectivity index (χ3n) is 2.17. The Kier molecular flexibility index (Phi) is 3.75. The fourth-order valence-corrected chi connectivity index (χ4v) is 1.54. The molecule has 70 valence electrons. The Labute approximate surface area is 80.6 Å². The molecule has 0 N–H and O–H groups in total. The van der Waals surface area contributed by atoms with Crippen LogP contribution in [0.4, 0.5) is 0 Å². The van der Waals surface area contributed by atoms with E-state index in [2.05, 4.69) is 43.3 Å². The Morgan fingerprint density at radius 3 is 2.38 bits per heavy atom. The Balaban J connectivity index is 0.000000396. The zero-order valence-electron chi connectivity index (χ0n) is 8.75. The largest absolute Gasteiger partial charge is 0.0761 e. The molecule has 1 aliphatic rings. The first kappa shape index (κ1) is 10.0. The molecule has 0 saturated carbocycles. The summed E-state index contributed by atoms with van der Waals surface area (Å²) >= 11 is 0. The zero-order chi connectivity index (χ0) is 9.68. The van der Waals surface area contributed by atoms with Crippen LogP contribution in [0.1, 0.15) is 27.2 Å². The Hall–Kier alpha value is -1.04. The first-order valence-corrected chi connectivity index (χ1v) is 5.13. The van der Waals surface area contributed by atoms with E-state index in [0.717, 1.165) is 0 Å². The Morgan fingerprint density at radius 2 is 1.69 bits per heavy atom. The number of benzene rings is 1. The van der Waals surface area contributed by atoms with Crippen LogP contribution in [0.3, 0.4) is 0 Å². The molecule has 1 aromatic rings. The van der Waals surface area contributed by atoms with Crippen LogP contribution in [0.15, 0.2) is 24.3 Å². The second-order valence-corrected chi connectivity index (χ2v) is 3.21. The van der Waals surface area contributed by atoms with Gasteiger partial charge < -0.3 is 0 Å². The molecule has 0 aromatic heterocycles. The van der Waals surface area contributed by atoms with Gasteiger partial charge in [-0.15, -0.1) is 0 Å². The molecular weight excluding hydrogens is 156 g/mol. The van der Waals surface area contributed by atoms with Crippen molar-refractivity contribution in [1.29, 1.82) is 0 Å². The summed E-state index contributed by atoms with van der Waals surface area (Å²) < 4.78 is 0. The fraction of sp³-hybridized carbons (Fsp3) is 0.385. The first-order valence-electron chi connectivity index (χ1n) is 5.13. The van der Waals surface area contributed by atoms with Gasteiger partial charge in [-0.3, -0.25) is 0 Å². The number of hydrogen-bond donors (Lipinski definition) is 0. The van der Waals surface area contributed by atoms with Crippen LogP contribution in [0.5, 0.6) is 0 Å². The summed E-state index contributed by atoms with van der Waals surface area (Å²) in [7, 11) is 0. The summed E-state index contributed by atoms with van der Waals surface area (Å²) in [6.45, 7) is 6.26. The van der Waals surface area contributed by atoms with Gasteiger partial charge in [-0.25, -0.2) is 0 Å². The molecule has 0 heterocycles. The van der Waals surface area contributed by atoms with Gasteiger partial charge in [-0.2, -0.15) is 0 Å². The summed E-state index contributed by atoms with van der Waals surface area (Å²) in [4.78, 5) is 0. The van der Waals surface area contributed by atoms with Crippen LogP contribution < -0.4 is 10.4 Å². The van der Waals surface area contributed by atoms with Gasteiger partial charge in [0.05, 0.1) is 0 Å². The molecule has 0 aliphatic heterocycles. The van der Waals surface area contributed by atoms with Crippen LogP contribution in [0.2, 0.25) is 0 Å². The third kappa shape index (κ3) is 2.45. The second-order valence-electron chi connectivity index (χ2n) is 3.21. The standard InChI is InChI=1S/C11H12.C2H6/c1-9-6-7-10-4-2-3-5-11(10)8-9;1-2/h2-5,7-9H,6H2,1H3;1-2H3. The molecule has 0 fully saturated rings. The average Bonchev–Trinajstić information content (AvgIpc) is 2.21. The molecule has 0 heteroatoms. The van der Waals surface area contributed by atoms with Crippen LogP contribution in [-0.2, 0) is 0 Å². The van der Waals surface area contributed by atoms with Crippen molar-refractivity contribution in [2.75, 3.05) is 0 Å². The van der Waals surface area contributed by atoms with E-state index < -0.39 is 0 Å². The van der Waals surface area contributed by atoms with E-state index in [4.69, 9.17) is 0 Å². The molecule has 0 spiro atoms. The van der Waals surface area contributed by atoms with Crippen molar-refractivity contribution in [3.8, 4) is 0 Å². The van der Waals surface area contributed by atoms with Crippen molar-refractivity contribution in [2.45, 2.75) is 27.2 Å². The SMILES string of the molecule is CC.CC1C=c2ccccc2=CC1. The zero-order valence-corrected chi connectivity index (χ0v) is 8.75. The molecule has 1 unspecified atom stereocenters. The van der Waals surface area contributed by atoms with Gasteiger partial charge >= 0.3 is 0 Å². The van der Waals surface area contributed by atoms with Gasteiger partial charge in [0, 0.05) is 0 Å². The summed E-state index contributed by atoms with van der Waals surface area (Å²) in [5.74, 6) is 0.713. The van der Waals surface area contributed by atoms with Gasteiger partial charge in [0.2, 0.25) is 0 Å². The van der Waals surface area contributed by atoms with E-state index in [1.54, 1.807) is 0 Å². The maximum absolute atomic E-state index is 2.34. The van der Waals surface area contributed by atoms with Gasteiger partial charge in [-0.05, 0) is 22.8 Å². The highest BCUT2D eigenvalue weighted by atomic mass is 14.0. The maximum atomic E-state index is 2.34. The Bertz CT molecular complexity index is 360. The van der Waals surface area contributed by atoms with Gasteiger partial charge in [-0.1, -0.05) is 57.2 Å². The summed E-state index contributed by atoms with van der Waals surface area (Å²) in [6, 6.07) is 8.56. The highest BCUT2D eigenvalue weighted by Crippen LogP contribution is 2.05. The first-order chi connectivity index (χ1) is 6.36. The van der Waals surface area contributed by atoms with Crippen molar-refractivity contribution in [2.24, 2.45) is 5.92 Å². The molecule has 1 aliphatic carbocycles. The molecule has 2 rings (SSSR count). The monoisotopic (exact) mass is 174 g/mol. The summed E-state index contributed by atoms with van der Waals surface area (Å²) in [5.41, 5.74) is 0. The van der Waals surface area contributed by atoms with Crippen LogP contribution >= 0.6 is 0 Å². The van der Waals surface area contributed by atoms with E-state index in [-0.39, 0.29) is 0 Å². The molecule has 1 atom stereocenters. The van der Waals surface area contributed by atoms with E-state index in [0.29, 0.717) is 5.92 Å². The molecule has 13 heavy (non-hydrogen) atoms. The van der Waals surface area contributed by atoms with Gasteiger partial charge in [0.1, 0.15) is 0 Å². The lowest BCUT2D eigenvalue weighted by Gasteiger charge is -2.06. The van der Waals surface area contributed by atoms with Crippen LogP contribution in [0.25, 0.3) is 12.2 Å². The number of fused-ring (bicyclic) bond motifs is 1. The fourth-order valence-electron chi connectivity index (χ4n) is 1.54. The van der Waals surface area contributed by atoms with Crippen molar-refractivity contribution >= 4 is 12.2 Å². The molecule has 0 bridgehead atoms. The molecule has 0 amide bonds. The van der Waals surface area contributed by atoms with Crippen molar-refractivity contribution < 1.29 is 0 Å². The topological polar surface area (TPSA) is 0 Å². The van der Waals surface area contributed by atoms with Crippen LogP contribution in [-0.4, -0.2) is 0 Å². The summed E-state index contributed by atoms with van der Waals surface area (Å²) in [5, 5.41) is 2.79. The summed E-state index contributed by atoms with van der Waals surface area (Å²) in [6.07, 6.45) is 5.85.